The topological polar surface area (TPSA) is 67.8 Å². The van der Waals surface area contributed by atoms with Crippen LogP contribution in [0.1, 0.15) is 25.0 Å². The van der Waals surface area contributed by atoms with Crippen LogP contribution in [0.5, 0.6) is 11.5 Å². The van der Waals surface area contributed by atoms with Crippen LogP contribution in [0.15, 0.2) is 12.1 Å². The van der Waals surface area contributed by atoms with Crippen molar-refractivity contribution in [3.8, 4) is 11.5 Å². The molecule has 5 nitrogen and oxygen atoms in total. The Morgan fingerprint density at radius 1 is 1.26 bits per heavy atom. The Bertz CT molecular complexity index is 469. The van der Waals surface area contributed by atoms with Crippen molar-refractivity contribution in [2.75, 3.05) is 14.2 Å². The molecular formula is C14H21NO4. The van der Waals surface area contributed by atoms with E-state index in [4.69, 9.17) is 14.6 Å². The molecule has 2 N–H and O–H groups in total. The third kappa shape index (κ3) is 3.61. The lowest BCUT2D eigenvalue weighted by molar-refractivity contribution is -0.143. The van der Waals surface area contributed by atoms with Crippen LogP contribution in [0, 0.1) is 6.92 Å². The molecule has 19 heavy (non-hydrogen) atoms. The molecule has 0 heterocycles. The molecule has 0 radical (unpaired) electrons. The summed E-state index contributed by atoms with van der Waals surface area (Å²) >= 11 is 0. The highest BCUT2D eigenvalue weighted by atomic mass is 16.5. The minimum atomic E-state index is -0.997. The molecular weight excluding hydrogens is 246 g/mol. The minimum absolute atomic E-state index is 0.388. The zero-order chi connectivity index (χ0) is 14.6. The molecule has 0 aromatic heterocycles. The normalized spacial score (nSPS) is 11.2. The second-order valence-electron chi connectivity index (χ2n) is 4.92. The highest BCUT2D eigenvalue weighted by Gasteiger charge is 2.26. The number of carbonyl (C=O) groups is 1. The zero-order valence-corrected chi connectivity index (χ0v) is 12.0. The molecule has 1 rings (SSSR count). The van der Waals surface area contributed by atoms with E-state index < -0.39 is 11.5 Å². The smallest absolute Gasteiger partial charge is 0.323 e. The molecule has 0 spiro atoms. The number of methoxy groups -OCH3 is 2. The van der Waals surface area contributed by atoms with Gasteiger partial charge in [-0.3, -0.25) is 10.1 Å². The van der Waals surface area contributed by atoms with Crippen molar-refractivity contribution in [3.05, 3.63) is 23.3 Å². The van der Waals surface area contributed by atoms with Crippen molar-refractivity contribution in [2.45, 2.75) is 32.9 Å². The number of carboxylic acids is 1. The first-order valence-corrected chi connectivity index (χ1v) is 6.01. The quantitative estimate of drug-likeness (QED) is 0.824. The average molecular weight is 267 g/mol. The van der Waals surface area contributed by atoms with Crippen molar-refractivity contribution < 1.29 is 19.4 Å². The first-order chi connectivity index (χ1) is 8.81. The molecule has 106 valence electrons. The number of aryl methyl sites for hydroxylation is 1. The first-order valence-electron chi connectivity index (χ1n) is 6.01. The lowest BCUT2D eigenvalue weighted by atomic mass is 10.0. The molecule has 0 fully saturated rings. The Balaban J connectivity index is 2.97. The number of rotatable bonds is 6. The van der Waals surface area contributed by atoms with E-state index in [9.17, 15) is 4.79 Å². The minimum Gasteiger partial charge on any atom is -0.496 e. The fourth-order valence-corrected chi connectivity index (χ4v) is 1.64. The maximum atomic E-state index is 11.1. The van der Waals surface area contributed by atoms with E-state index in [0.717, 1.165) is 16.9 Å². The van der Waals surface area contributed by atoms with E-state index in [1.807, 2.05) is 19.1 Å². The monoisotopic (exact) mass is 267 g/mol. The summed E-state index contributed by atoms with van der Waals surface area (Å²) in [5.74, 6) is 0.572. The second-order valence-corrected chi connectivity index (χ2v) is 4.92. The van der Waals surface area contributed by atoms with Crippen LogP contribution in [0.4, 0.5) is 0 Å². The van der Waals surface area contributed by atoms with Crippen LogP contribution in [-0.4, -0.2) is 30.8 Å². The Morgan fingerprint density at radius 3 is 2.32 bits per heavy atom. The van der Waals surface area contributed by atoms with Crippen LogP contribution in [-0.2, 0) is 11.3 Å². The summed E-state index contributed by atoms with van der Waals surface area (Å²) < 4.78 is 10.6. The lowest BCUT2D eigenvalue weighted by Gasteiger charge is -2.22. The van der Waals surface area contributed by atoms with Gasteiger partial charge in [-0.25, -0.2) is 0 Å². The molecule has 0 saturated heterocycles. The van der Waals surface area contributed by atoms with Crippen molar-refractivity contribution in [1.82, 2.24) is 5.32 Å². The van der Waals surface area contributed by atoms with Gasteiger partial charge in [-0.1, -0.05) is 0 Å². The largest absolute Gasteiger partial charge is 0.496 e. The molecule has 0 amide bonds. The molecule has 1 aromatic carbocycles. The average Bonchev–Trinajstić information content (AvgIpc) is 2.36. The van der Waals surface area contributed by atoms with E-state index in [2.05, 4.69) is 5.32 Å². The van der Waals surface area contributed by atoms with Gasteiger partial charge in [0, 0.05) is 12.1 Å². The molecule has 0 atom stereocenters. The SMILES string of the molecule is COc1cc(CNC(C)(C)C(=O)O)c(OC)cc1C. The first kappa shape index (κ1) is 15.3. The summed E-state index contributed by atoms with van der Waals surface area (Å²) in [5, 5.41) is 12.1. The molecule has 0 aliphatic heterocycles. The van der Waals surface area contributed by atoms with Crippen molar-refractivity contribution >= 4 is 5.97 Å². The van der Waals surface area contributed by atoms with Crippen LogP contribution >= 0.6 is 0 Å². The van der Waals surface area contributed by atoms with Gasteiger partial charge in [0.05, 0.1) is 14.2 Å². The fourth-order valence-electron chi connectivity index (χ4n) is 1.64. The summed E-state index contributed by atoms with van der Waals surface area (Å²) in [6, 6.07) is 3.74. The van der Waals surface area contributed by atoms with Gasteiger partial charge in [0.15, 0.2) is 0 Å². The second kappa shape index (κ2) is 5.93. The van der Waals surface area contributed by atoms with Gasteiger partial charge in [-0.15, -0.1) is 0 Å². The molecule has 1 aromatic rings. The maximum Gasteiger partial charge on any atom is 0.323 e. The van der Waals surface area contributed by atoms with Gasteiger partial charge in [-0.2, -0.15) is 0 Å². The number of ether oxygens (including phenoxy) is 2. The molecule has 5 heteroatoms. The number of nitrogens with one attached hydrogen (secondary N) is 1. The lowest BCUT2D eigenvalue weighted by Crippen LogP contribution is -2.46. The van der Waals surface area contributed by atoms with Gasteiger partial charge in [0.25, 0.3) is 0 Å². The van der Waals surface area contributed by atoms with Crippen molar-refractivity contribution in [2.24, 2.45) is 0 Å². The Labute approximate surface area is 113 Å². The number of carboxylic acid groups (broad SMARTS) is 1. The molecule has 0 unspecified atom stereocenters. The fraction of sp³-hybridized carbons (Fsp3) is 0.500. The number of aliphatic carboxylic acids is 1. The Hall–Kier alpha value is -1.75. The Kier molecular flexibility index (Phi) is 4.78. The van der Waals surface area contributed by atoms with Gasteiger partial charge >= 0.3 is 5.97 Å². The van der Waals surface area contributed by atoms with Crippen LogP contribution in [0.25, 0.3) is 0 Å². The van der Waals surface area contributed by atoms with Gasteiger partial charge < -0.3 is 14.6 Å². The van der Waals surface area contributed by atoms with E-state index in [-0.39, 0.29) is 0 Å². The summed E-state index contributed by atoms with van der Waals surface area (Å²) in [6.45, 7) is 5.55. The number of benzene rings is 1. The van der Waals surface area contributed by atoms with Crippen molar-refractivity contribution in [1.29, 1.82) is 0 Å². The van der Waals surface area contributed by atoms with Gasteiger partial charge in [0.2, 0.25) is 0 Å². The van der Waals surface area contributed by atoms with E-state index in [1.165, 1.54) is 0 Å². The predicted molar refractivity (Wildman–Crippen MR) is 72.8 cm³/mol. The van der Waals surface area contributed by atoms with Crippen LogP contribution in [0.3, 0.4) is 0 Å². The molecule has 0 saturated carbocycles. The standard InChI is InChI=1S/C14H21NO4/c1-9-6-12(19-5)10(7-11(9)18-4)8-15-14(2,3)13(16)17/h6-7,15H,8H2,1-5H3,(H,16,17). The third-order valence-corrected chi connectivity index (χ3v) is 3.05. The predicted octanol–water partition coefficient (Wildman–Crippen LogP) is 1.97. The molecule has 0 aliphatic rings. The number of hydrogen-bond acceptors (Lipinski definition) is 4. The van der Waals surface area contributed by atoms with Crippen LogP contribution in [0.2, 0.25) is 0 Å². The summed E-state index contributed by atoms with van der Waals surface area (Å²) in [6.07, 6.45) is 0. The van der Waals surface area contributed by atoms with Gasteiger partial charge in [-0.05, 0) is 38.5 Å². The van der Waals surface area contributed by atoms with Crippen molar-refractivity contribution in [3.63, 3.8) is 0 Å². The third-order valence-electron chi connectivity index (χ3n) is 3.05. The molecule has 0 aliphatic carbocycles. The maximum absolute atomic E-state index is 11.1. The van der Waals surface area contributed by atoms with E-state index in [0.29, 0.717) is 12.3 Å². The number of hydrogen-bond donors (Lipinski definition) is 2. The molecule has 0 bridgehead atoms. The summed E-state index contributed by atoms with van der Waals surface area (Å²) in [7, 11) is 3.19. The zero-order valence-electron chi connectivity index (χ0n) is 12.0. The Morgan fingerprint density at radius 2 is 1.84 bits per heavy atom. The highest BCUT2D eigenvalue weighted by molar-refractivity contribution is 5.77. The van der Waals surface area contributed by atoms with E-state index >= 15 is 0 Å². The summed E-state index contributed by atoms with van der Waals surface area (Å²) in [5.41, 5.74) is 0.836. The van der Waals surface area contributed by atoms with Gasteiger partial charge in [0.1, 0.15) is 17.0 Å². The highest BCUT2D eigenvalue weighted by Crippen LogP contribution is 2.28. The van der Waals surface area contributed by atoms with E-state index in [1.54, 1.807) is 28.1 Å². The van der Waals surface area contributed by atoms with Crippen LogP contribution < -0.4 is 14.8 Å². The summed E-state index contributed by atoms with van der Waals surface area (Å²) in [4.78, 5) is 11.1.